The average molecular weight is 249 g/mol. The summed E-state index contributed by atoms with van der Waals surface area (Å²) >= 11 is 0. The van der Waals surface area contributed by atoms with Crippen molar-refractivity contribution < 1.29 is 14.6 Å². The van der Waals surface area contributed by atoms with Crippen LogP contribution in [0.15, 0.2) is 24.3 Å². The molecule has 98 valence electrons. The van der Waals surface area contributed by atoms with Gasteiger partial charge in [-0.25, -0.2) is 4.79 Å². The molecule has 0 unspecified atom stereocenters. The molecule has 1 aliphatic rings. The molecule has 2 N–H and O–H groups in total. The maximum absolute atomic E-state index is 11.6. The number of phenols is 1. The van der Waals surface area contributed by atoms with Gasteiger partial charge in [-0.1, -0.05) is 12.1 Å². The van der Waals surface area contributed by atoms with Gasteiger partial charge in [0.25, 0.3) is 0 Å². The van der Waals surface area contributed by atoms with Crippen LogP contribution >= 0.6 is 0 Å². The molecule has 0 bridgehead atoms. The van der Waals surface area contributed by atoms with Gasteiger partial charge < -0.3 is 15.2 Å². The zero-order valence-corrected chi connectivity index (χ0v) is 10.9. The van der Waals surface area contributed by atoms with Crippen molar-refractivity contribution in [3.8, 4) is 5.75 Å². The summed E-state index contributed by atoms with van der Waals surface area (Å²) < 4.78 is 5.20. The van der Waals surface area contributed by atoms with Crippen LogP contribution in [0, 0.1) is 0 Å². The van der Waals surface area contributed by atoms with Gasteiger partial charge in [-0.2, -0.15) is 0 Å². The number of ether oxygens (including phenoxy) is 1. The summed E-state index contributed by atoms with van der Waals surface area (Å²) in [6.07, 6.45) is 0.554. The number of alkyl carbamates (subject to hydrolysis) is 1. The SMILES string of the molecule is CC(C)(C)OC(=O)N[C@H]1C[C@@H]1c1ccc(O)cc1. The maximum Gasteiger partial charge on any atom is 0.407 e. The summed E-state index contributed by atoms with van der Waals surface area (Å²) in [4.78, 5) is 11.6. The van der Waals surface area contributed by atoms with Crippen LogP contribution in [0.3, 0.4) is 0 Å². The highest BCUT2D eigenvalue weighted by molar-refractivity contribution is 5.69. The molecular weight excluding hydrogens is 230 g/mol. The zero-order chi connectivity index (χ0) is 13.3. The lowest BCUT2D eigenvalue weighted by Crippen LogP contribution is -2.34. The van der Waals surface area contributed by atoms with E-state index in [1.54, 1.807) is 12.1 Å². The fraction of sp³-hybridized carbons (Fsp3) is 0.500. The summed E-state index contributed by atoms with van der Waals surface area (Å²) in [5.41, 5.74) is 0.668. The van der Waals surface area contributed by atoms with Crippen LogP contribution in [0.5, 0.6) is 5.75 Å². The monoisotopic (exact) mass is 249 g/mol. The van der Waals surface area contributed by atoms with E-state index in [0.29, 0.717) is 5.92 Å². The maximum atomic E-state index is 11.6. The van der Waals surface area contributed by atoms with E-state index in [0.717, 1.165) is 12.0 Å². The molecule has 4 nitrogen and oxygen atoms in total. The van der Waals surface area contributed by atoms with E-state index in [2.05, 4.69) is 5.32 Å². The Bertz CT molecular complexity index is 433. The first-order chi connectivity index (χ1) is 8.35. The summed E-state index contributed by atoms with van der Waals surface area (Å²) in [6, 6.07) is 7.24. The van der Waals surface area contributed by atoms with Gasteiger partial charge >= 0.3 is 6.09 Å². The quantitative estimate of drug-likeness (QED) is 0.847. The third-order valence-corrected chi connectivity index (χ3v) is 2.81. The second-order valence-corrected chi connectivity index (χ2v) is 5.69. The smallest absolute Gasteiger partial charge is 0.407 e. The number of aromatic hydroxyl groups is 1. The van der Waals surface area contributed by atoms with Crippen molar-refractivity contribution >= 4 is 6.09 Å². The molecule has 0 aromatic heterocycles. The molecule has 1 fully saturated rings. The highest BCUT2D eigenvalue weighted by Crippen LogP contribution is 2.41. The van der Waals surface area contributed by atoms with Gasteiger partial charge in [0.1, 0.15) is 11.4 Å². The second-order valence-electron chi connectivity index (χ2n) is 5.69. The number of benzene rings is 1. The molecule has 0 saturated heterocycles. The van der Waals surface area contributed by atoms with Crippen LogP contribution in [-0.4, -0.2) is 22.8 Å². The number of carbonyl (C=O) groups excluding carboxylic acids is 1. The fourth-order valence-corrected chi connectivity index (χ4v) is 1.90. The van der Waals surface area contributed by atoms with Gasteiger partial charge in [0.05, 0.1) is 0 Å². The van der Waals surface area contributed by atoms with Crippen LogP contribution in [0.25, 0.3) is 0 Å². The molecule has 0 aliphatic heterocycles. The molecule has 0 radical (unpaired) electrons. The summed E-state index contributed by atoms with van der Waals surface area (Å²) in [6.45, 7) is 5.53. The predicted octanol–water partition coefficient (Wildman–Crippen LogP) is 2.77. The molecule has 4 heteroatoms. The van der Waals surface area contributed by atoms with Crippen molar-refractivity contribution in [1.82, 2.24) is 5.32 Å². The molecule has 2 atom stereocenters. The third kappa shape index (κ3) is 3.39. The van der Waals surface area contributed by atoms with Crippen molar-refractivity contribution in [3.63, 3.8) is 0 Å². The number of phenolic OH excluding ortho intramolecular Hbond substituents is 1. The Balaban J connectivity index is 1.85. The minimum Gasteiger partial charge on any atom is -0.508 e. The standard InChI is InChI=1S/C14H19NO3/c1-14(2,3)18-13(17)15-12-8-11(12)9-4-6-10(16)7-5-9/h4-7,11-12,16H,8H2,1-3H3,(H,15,17)/t11-,12+/m1/s1. The highest BCUT2D eigenvalue weighted by atomic mass is 16.6. The Hall–Kier alpha value is -1.71. The lowest BCUT2D eigenvalue weighted by atomic mass is 10.1. The van der Waals surface area contributed by atoms with Gasteiger partial charge in [0.15, 0.2) is 0 Å². The first-order valence-corrected chi connectivity index (χ1v) is 6.13. The molecule has 1 aliphatic carbocycles. The van der Waals surface area contributed by atoms with Crippen molar-refractivity contribution in [2.24, 2.45) is 0 Å². The Morgan fingerprint density at radius 2 is 1.94 bits per heavy atom. The van der Waals surface area contributed by atoms with Crippen molar-refractivity contribution in [1.29, 1.82) is 0 Å². The topological polar surface area (TPSA) is 58.6 Å². The predicted molar refractivity (Wildman–Crippen MR) is 68.6 cm³/mol. The van der Waals surface area contributed by atoms with E-state index in [9.17, 15) is 9.90 Å². The van der Waals surface area contributed by atoms with Gasteiger partial charge in [-0.3, -0.25) is 0 Å². The lowest BCUT2D eigenvalue weighted by molar-refractivity contribution is 0.0523. The highest BCUT2D eigenvalue weighted by Gasteiger charge is 2.40. The minimum absolute atomic E-state index is 0.143. The number of nitrogens with one attached hydrogen (secondary N) is 1. The summed E-state index contributed by atoms with van der Waals surface area (Å²) in [7, 11) is 0. The molecule has 1 saturated carbocycles. The zero-order valence-electron chi connectivity index (χ0n) is 10.9. The molecular formula is C14H19NO3. The number of hydrogen-bond acceptors (Lipinski definition) is 3. The van der Waals surface area contributed by atoms with E-state index in [-0.39, 0.29) is 17.9 Å². The van der Waals surface area contributed by atoms with Crippen molar-refractivity contribution in [2.75, 3.05) is 0 Å². The van der Waals surface area contributed by atoms with Crippen LogP contribution in [0.1, 0.15) is 38.7 Å². The Morgan fingerprint density at radius 3 is 2.50 bits per heavy atom. The van der Waals surface area contributed by atoms with E-state index in [1.165, 1.54) is 0 Å². The molecule has 0 spiro atoms. The second kappa shape index (κ2) is 4.52. The normalized spacial score (nSPS) is 22.4. The summed E-state index contributed by atoms with van der Waals surface area (Å²) in [5, 5.41) is 12.1. The molecule has 1 amide bonds. The van der Waals surface area contributed by atoms with Gasteiger partial charge in [-0.15, -0.1) is 0 Å². The van der Waals surface area contributed by atoms with Crippen molar-refractivity contribution in [2.45, 2.75) is 44.8 Å². The van der Waals surface area contributed by atoms with Gasteiger partial charge in [0, 0.05) is 12.0 Å². The van der Waals surface area contributed by atoms with Gasteiger partial charge in [-0.05, 0) is 44.9 Å². The largest absolute Gasteiger partial charge is 0.508 e. The van der Waals surface area contributed by atoms with E-state index in [4.69, 9.17) is 4.74 Å². The Labute approximate surface area is 107 Å². The first-order valence-electron chi connectivity index (χ1n) is 6.13. The van der Waals surface area contributed by atoms with E-state index < -0.39 is 5.60 Å². The van der Waals surface area contributed by atoms with Crippen LogP contribution < -0.4 is 5.32 Å². The van der Waals surface area contributed by atoms with Crippen molar-refractivity contribution in [3.05, 3.63) is 29.8 Å². The average Bonchev–Trinajstić information content (AvgIpc) is 2.95. The number of carbonyl (C=O) groups is 1. The molecule has 1 aromatic carbocycles. The number of hydrogen-bond donors (Lipinski definition) is 2. The lowest BCUT2D eigenvalue weighted by Gasteiger charge is -2.19. The van der Waals surface area contributed by atoms with Crippen LogP contribution in [-0.2, 0) is 4.74 Å². The Kier molecular flexibility index (Phi) is 3.20. The van der Waals surface area contributed by atoms with E-state index in [1.807, 2.05) is 32.9 Å². The number of rotatable bonds is 2. The molecule has 2 rings (SSSR count). The Morgan fingerprint density at radius 1 is 1.33 bits per heavy atom. The van der Waals surface area contributed by atoms with Crippen LogP contribution in [0.2, 0.25) is 0 Å². The van der Waals surface area contributed by atoms with Crippen LogP contribution in [0.4, 0.5) is 4.79 Å². The first kappa shape index (κ1) is 12.7. The van der Waals surface area contributed by atoms with E-state index >= 15 is 0 Å². The fourth-order valence-electron chi connectivity index (χ4n) is 1.90. The number of amides is 1. The minimum atomic E-state index is -0.465. The third-order valence-electron chi connectivity index (χ3n) is 2.81. The molecule has 18 heavy (non-hydrogen) atoms. The molecule has 1 aromatic rings. The molecule has 0 heterocycles. The summed E-state index contributed by atoms with van der Waals surface area (Å²) in [5.74, 6) is 0.592. The van der Waals surface area contributed by atoms with Gasteiger partial charge in [0.2, 0.25) is 0 Å².